The number of benzene rings is 4. The van der Waals surface area contributed by atoms with Crippen molar-refractivity contribution in [3.63, 3.8) is 0 Å². The van der Waals surface area contributed by atoms with Gasteiger partial charge < -0.3 is 38.5 Å². The second kappa shape index (κ2) is 34.8. The Bertz CT molecular complexity index is 6310. The van der Waals surface area contributed by atoms with Crippen molar-refractivity contribution in [2.24, 2.45) is 14.1 Å². The Hall–Kier alpha value is -12.3. The van der Waals surface area contributed by atoms with Crippen LogP contribution in [0.15, 0.2) is 147 Å². The molecule has 4 aromatic carbocycles. The number of hydrogen-bond acceptors (Lipinski definition) is 18. The number of fused-ring (bicyclic) bond motifs is 8. The summed E-state index contributed by atoms with van der Waals surface area (Å²) in [6.45, 7) is 17.6. The van der Waals surface area contributed by atoms with Crippen LogP contribution in [-0.4, -0.2) is 201 Å². The quantitative estimate of drug-likeness (QED) is 0.123. The van der Waals surface area contributed by atoms with Crippen molar-refractivity contribution in [1.82, 2.24) is 98.2 Å². The van der Waals surface area contributed by atoms with E-state index in [0.29, 0.717) is 68.4 Å². The summed E-state index contributed by atoms with van der Waals surface area (Å²) >= 11 is 6.40. The molecule has 14 aromatic rings. The fourth-order valence-electron chi connectivity index (χ4n) is 19.1. The molecule has 22 rings (SSSR count). The highest BCUT2D eigenvalue weighted by Crippen LogP contribution is 2.44. The van der Waals surface area contributed by atoms with Gasteiger partial charge in [-0.2, -0.15) is 30.6 Å². The van der Waals surface area contributed by atoms with Crippen LogP contribution >= 0.6 is 11.6 Å². The first-order chi connectivity index (χ1) is 60.4. The summed E-state index contributed by atoms with van der Waals surface area (Å²) in [5, 5.41) is 35.0. The van der Waals surface area contributed by atoms with Crippen molar-refractivity contribution < 1.29 is 42.5 Å². The molecular formula is C94H98ClFN20O8. The van der Waals surface area contributed by atoms with Gasteiger partial charge in [0.1, 0.15) is 5.82 Å². The van der Waals surface area contributed by atoms with Crippen LogP contribution in [-0.2, 0) is 104 Å². The lowest BCUT2D eigenvalue weighted by Gasteiger charge is -2.29. The number of aromatic nitrogens is 16. The number of carbonyl (C=O) groups is 4. The number of pyridine rings is 4. The number of amides is 4. The zero-order chi connectivity index (χ0) is 85.0. The molecule has 0 spiro atoms. The topological polar surface area (TPSA) is 277 Å². The number of aryl methyl sites for hydroxylation is 2. The maximum absolute atomic E-state index is 14.4. The average Bonchev–Trinajstić information content (AvgIpc) is 1.61. The smallest absolute Gasteiger partial charge is 0.219 e. The predicted molar refractivity (Wildman–Crippen MR) is 468 cm³/mol. The number of hydrogen-bond donors (Lipinski definition) is 0. The molecule has 0 N–H and O–H groups in total. The standard InChI is InChI=1S/2C25H26N6O2.C22H23ClN4O2.C22H23FN4O2/c1-16(32)30-8-6-24-22(14-30)25(28-31(24)19-7-9-33-15-19)20-4-3-5-23-21(20)10-17(11-26-23)18-12-27-29(2)13-18;1-16(32)30-10-8-24-21(14-30)25(28-31(24)18-9-11-33-15-18)20-4-3-5-23-19(20)6-7-22(27-23)17-12-26-29(2)13-17;1-14(28)26-8-5-21-19(13-26)22(25-27(21)15-6-9-29-10-7-15)17-4-2-3-16-18(17)11-24-12-20(16)23;1-14(28)26-9-5-21-19(13-26)22(25-27(21)15-6-10-29-11-7-15)17-2-3-20(23)16-4-8-24-12-18(16)17/h3-5,10-13,19H,6-9,14-15H2,1-2H3;3-7,12-13,18H,8-11,14-15H2,1-2H3;2-4,11-12,15H,5-10,13H2,1H3;2-4,8,12,15H,5-7,9-11,13H2,1H3/t19-;18-;;/m00../s1. The Morgan fingerprint density at radius 3 is 1.31 bits per heavy atom. The van der Waals surface area contributed by atoms with Crippen molar-refractivity contribution in [2.45, 2.75) is 142 Å². The fraction of sp³-hybridized carbons (Fsp3) is 0.383. The molecule has 8 aliphatic heterocycles. The minimum absolute atomic E-state index is 0.0612. The van der Waals surface area contributed by atoms with E-state index in [1.54, 1.807) is 67.8 Å². The Morgan fingerprint density at radius 1 is 0.403 bits per heavy atom. The van der Waals surface area contributed by atoms with Gasteiger partial charge in [-0.1, -0.05) is 54.1 Å². The highest BCUT2D eigenvalue weighted by Gasteiger charge is 2.37. The molecule has 0 aliphatic carbocycles. The SMILES string of the molecule is CC(=O)N1CCc2c(c(-c3ccc(F)c4ccncc34)nn2C2CCOCC2)C1.CC(=O)N1CCc2c(c(-c3cccc4c(Cl)cncc34)nn2C2CCOCC2)C1.CC(=O)N1CCc2c(c(-c3cccc4nc(-c5cnn(C)c5)ccc34)nn2[C@H]2CCOC2)C1.CC(=O)N1CCc2c(c(-c3cccc4ncc(-c5cnn(C)c5)cc34)nn2[C@H]2CCOC2)C1. The monoisotopic (exact) mass is 1690 g/mol. The normalized spacial score (nSPS) is 17.8. The first kappa shape index (κ1) is 81.4. The van der Waals surface area contributed by atoms with Crippen LogP contribution in [0.1, 0.15) is 135 Å². The summed E-state index contributed by atoms with van der Waals surface area (Å²) in [6.07, 6.45) is 25.3. The molecule has 4 saturated heterocycles. The van der Waals surface area contributed by atoms with E-state index in [1.807, 2.05) is 113 Å². The lowest BCUT2D eigenvalue weighted by molar-refractivity contribution is -0.130. The Morgan fingerprint density at radius 2 is 0.831 bits per heavy atom. The third-order valence-electron chi connectivity index (χ3n) is 25.7. The Kier molecular flexibility index (Phi) is 22.8. The number of carbonyl (C=O) groups excluding carboxylic acids is 4. The van der Waals surface area contributed by atoms with Gasteiger partial charge in [0.05, 0.1) is 94.3 Å². The van der Waals surface area contributed by atoms with Crippen molar-refractivity contribution in [3.05, 3.63) is 203 Å². The van der Waals surface area contributed by atoms with E-state index < -0.39 is 0 Å². The molecule has 0 saturated carbocycles. The molecule has 0 bridgehead atoms. The van der Waals surface area contributed by atoms with E-state index in [1.165, 1.54) is 28.8 Å². The van der Waals surface area contributed by atoms with Gasteiger partial charge in [-0.05, 0) is 87.1 Å². The Balaban J connectivity index is 0.000000109. The minimum Gasteiger partial charge on any atom is -0.381 e. The van der Waals surface area contributed by atoms with Gasteiger partial charge in [0.2, 0.25) is 23.6 Å². The van der Waals surface area contributed by atoms with Gasteiger partial charge in [-0.3, -0.25) is 62.2 Å². The number of halogens is 2. The molecule has 8 aliphatic rings. The summed E-state index contributed by atoms with van der Waals surface area (Å²) in [6, 6.07) is 30.9. The highest BCUT2D eigenvalue weighted by molar-refractivity contribution is 6.35. The van der Waals surface area contributed by atoms with Gasteiger partial charge >= 0.3 is 0 Å². The molecule has 124 heavy (non-hydrogen) atoms. The third-order valence-corrected chi connectivity index (χ3v) is 26.0. The Labute approximate surface area is 720 Å². The van der Waals surface area contributed by atoms with E-state index in [4.69, 9.17) is 60.9 Å². The predicted octanol–water partition coefficient (Wildman–Crippen LogP) is 14.2. The van der Waals surface area contributed by atoms with Crippen LogP contribution in [0.3, 0.4) is 0 Å². The largest absolute Gasteiger partial charge is 0.381 e. The van der Waals surface area contributed by atoms with E-state index in [-0.39, 0.29) is 41.5 Å². The first-order valence-electron chi connectivity index (χ1n) is 43.0. The van der Waals surface area contributed by atoms with Gasteiger partial charge in [-0.15, -0.1) is 0 Å². The summed E-state index contributed by atoms with van der Waals surface area (Å²) in [5.41, 5.74) is 22.8. The van der Waals surface area contributed by atoms with Crippen LogP contribution in [0.2, 0.25) is 5.02 Å². The molecular weight excluding hydrogens is 1590 g/mol. The van der Waals surface area contributed by atoms with Crippen LogP contribution in [0, 0.1) is 5.82 Å². The number of rotatable bonds is 10. The first-order valence-corrected chi connectivity index (χ1v) is 43.4. The molecule has 0 unspecified atom stereocenters. The molecule has 30 heteroatoms. The average molecular weight is 1690 g/mol. The molecule has 4 amide bonds. The summed E-state index contributed by atoms with van der Waals surface area (Å²) < 4.78 is 49.1. The maximum Gasteiger partial charge on any atom is 0.219 e. The second-order valence-electron chi connectivity index (χ2n) is 33.4. The van der Waals surface area contributed by atoms with Gasteiger partial charge in [0.15, 0.2) is 0 Å². The van der Waals surface area contributed by atoms with Crippen LogP contribution in [0.25, 0.3) is 111 Å². The van der Waals surface area contributed by atoms with E-state index >= 15 is 0 Å². The molecule has 636 valence electrons. The molecule has 10 aromatic heterocycles. The lowest BCUT2D eigenvalue weighted by atomic mass is 9.97. The third kappa shape index (κ3) is 15.9. The molecule has 18 heterocycles. The van der Waals surface area contributed by atoms with Crippen molar-refractivity contribution >= 4 is 78.6 Å². The molecule has 2 atom stereocenters. The molecule has 4 fully saturated rings. The van der Waals surface area contributed by atoms with Crippen LogP contribution < -0.4 is 0 Å². The zero-order valence-corrected chi connectivity index (χ0v) is 71.3. The minimum atomic E-state index is -0.269. The highest BCUT2D eigenvalue weighted by atomic mass is 35.5. The van der Waals surface area contributed by atoms with E-state index in [9.17, 15) is 23.6 Å². The maximum atomic E-state index is 14.4. The fourth-order valence-corrected chi connectivity index (χ4v) is 19.3. The van der Waals surface area contributed by atoms with Crippen LogP contribution in [0.5, 0.6) is 0 Å². The van der Waals surface area contributed by atoms with Crippen molar-refractivity contribution in [3.8, 4) is 67.4 Å². The second-order valence-corrected chi connectivity index (χ2v) is 33.8. The van der Waals surface area contributed by atoms with Crippen molar-refractivity contribution in [2.75, 3.05) is 79.0 Å². The summed E-state index contributed by atoms with van der Waals surface area (Å²) in [5.74, 6) is 0.0922. The zero-order valence-electron chi connectivity index (χ0n) is 70.5. The van der Waals surface area contributed by atoms with Gasteiger partial charge in [0, 0.05) is 319 Å². The number of nitrogens with zero attached hydrogens (tertiary/aromatic N) is 20. The number of ether oxygens (including phenoxy) is 4. The lowest BCUT2D eigenvalue weighted by Crippen LogP contribution is -2.35. The summed E-state index contributed by atoms with van der Waals surface area (Å²) in [4.78, 5) is 74.2. The summed E-state index contributed by atoms with van der Waals surface area (Å²) in [7, 11) is 3.82. The molecule has 0 radical (unpaired) electrons. The van der Waals surface area contributed by atoms with E-state index in [2.05, 4.69) is 69.2 Å². The van der Waals surface area contributed by atoms with Crippen LogP contribution in [0.4, 0.5) is 4.39 Å². The van der Waals surface area contributed by atoms with Gasteiger partial charge in [-0.25, -0.2) is 9.37 Å². The van der Waals surface area contributed by atoms with Crippen molar-refractivity contribution in [1.29, 1.82) is 0 Å². The molecule has 28 nitrogen and oxygen atoms in total. The van der Waals surface area contributed by atoms with E-state index in [0.717, 1.165) is 251 Å². The van der Waals surface area contributed by atoms with Gasteiger partial charge in [0.25, 0.3) is 0 Å².